The average molecular weight is 337 g/mol. The van der Waals surface area contributed by atoms with E-state index in [1.807, 2.05) is 6.07 Å². The summed E-state index contributed by atoms with van der Waals surface area (Å²) >= 11 is 0. The molecule has 8 heteroatoms. The predicted octanol–water partition coefficient (Wildman–Crippen LogP) is -0.361. The summed E-state index contributed by atoms with van der Waals surface area (Å²) in [4.78, 5) is 10.9. The van der Waals surface area contributed by atoms with Crippen LogP contribution in [0.15, 0.2) is 30.3 Å². The van der Waals surface area contributed by atoms with Crippen LogP contribution in [0.2, 0.25) is 0 Å². The Labute approximate surface area is 138 Å². The fourth-order valence-corrected chi connectivity index (χ4v) is 2.31. The highest BCUT2D eigenvalue weighted by molar-refractivity contribution is 5.65. The Bertz CT molecular complexity index is 588. The minimum absolute atomic E-state index is 0.317. The topological polar surface area (TPSA) is 129 Å². The average Bonchev–Trinajstić information content (AvgIpc) is 2.59. The van der Waals surface area contributed by atoms with E-state index in [1.165, 1.54) is 6.92 Å². The third-order valence-corrected chi connectivity index (χ3v) is 3.61. The van der Waals surface area contributed by atoms with Crippen molar-refractivity contribution in [3.8, 4) is 6.07 Å². The van der Waals surface area contributed by atoms with E-state index in [0.717, 1.165) is 0 Å². The zero-order valence-corrected chi connectivity index (χ0v) is 13.0. The number of aliphatic hydroxyl groups excluding tert-OH is 3. The van der Waals surface area contributed by atoms with E-state index in [1.54, 1.807) is 30.3 Å². The van der Waals surface area contributed by atoms with E-state index in [4.69, 9.17) is 14.2 Å². The van der Waals surface area contributed by atoms with Gasteiger partial charge >= 0.3 is 5.97 Å². The molecular formula is C16H19NO7. The molecule has 1 heterocycles. The number of hydrogen-bond donors (Lipinski definition) is 3. The molecule has 1 aromatic rings. The lowest BCUT2D eigenvalue weighted by Crippen LogP contribution is -2.59. The molecule has 8 nitrogen and oxygen atoms in total. The lowest BCUT2D eigenvalue weighted by atomic mass is 9.99. The molecule has 6 atom stereocenters. The van der Waals surface area contributed by atoms with Gasteiger partial charge in [0.05, 0.1) is 6.07 Å². The number of carbonyl (C=O) groups excluding carboxylic acids is 1. The number of ether oxygens (including phenoxy) is 3. The zero-order chi connectivity index (χ0) is 17.7. The van der Waals surface area contributed by atoms with Crippen LogP contribution in [0.1, 0.15) is 18.6 Å². The molecule has 0 bridgehead atoms. The Balaban J connectivity index is 2.09. The van der Waals surface area contributed by atoms with Gasteiger partial charge in [0.25, 0.3) is 0 Å². The van der Waals surface area contributed by atoms with E-state index in [-0.39, 0.29) is 6.61 Å². The maximum absolute atomic E-state index is 10.9. The van der Waals surface area contributed by atoms with Gasteiger partial charge in [-0.1, -0.05) is 30.3 Å². The van der Waals surface area contributed by atoms with Crippen molar-refractivity contribution in [3.05, 3.63) is 35.9 Å². The molecule has 3 N–H and O–H groups in total. The van der Waals surface area contributed by atoms with Gasteiger partial charge in [-0.05, 0) is 5.56 Å². The van der Waals surface area contributed by atoms with Gasteiger partial charge in [-0.25, -0.2) is 0 Å². The minimum atomic E-state index is -1.57. The van der Waals surface area contributed by atoms with Crippen molar-refractivity contribution in [2.45, 2.75) is 43.7 Å². The van der Waals surface area contributed by atoms with Crippen LogP contribution in [0.3, 0.4) is 0 Å². The number of benzene rings is 1. The Morgan fingerprint density at radius 2 is 1.92 bits per heavy atom. The van der Waals surface area contributed by atoms with Crippen LogP contribution in [0.4, 0.5) is 0 Å². The van der Waals surface area contributed by atoms with Crippen molar-refractivity contribution in [2.75, 3.05) is 6.61 Å². The molecule has 1 unspecified atom stereocenters. The SMILES string of the molecule is CC(=O)OC[C@H]1OC(O[C@H](C#N)c2ccccc2)[C@H](O)[C@@H](O)[C@@H]1O. The summed E-state index contributed by atoms with van der Waals surface area (Å²) in [6.45, 7) is 0.873. The first-order chi connectivity index (χ1) is 11.4. The van der Waals surface area contributed by atoms with Gasteiger partial charge in [-0.15, -0.1) is 0 Å². The van der Waals surface area contributed by atoms with Gasteiger partial charge in [0.15, 0.2) is 12.4 Å². The van der Waals surface area contributed by atoms with E-state index in [2.05, 4.69) is 0 Å². The highest BCUT2D eigenvalue weighted by Crippen LogP contribution is 2.27. The number of nitrogens with zero attached hydrogens (tertiary/aromatic N) is 1. The molecule has 130 valence electrons. The van der Waals surface area contributed by atoms with E-state index in [0.29, 0.717) is 5.56 Å². The highest BCUT2D eigenvalue weighted by Gasteiger charge is 2.45. The Morgan fingerprint density at radius 1 is 1.25 bits per heavy atom. The van der Waals surface area contributed by atoms with Gasteiger partial charge in [-0.3, -0.25) is 4.79 Å². The largest absolute Gasteiger partial charge is 0.463 e. The molecule has 0 radical (unpaired) electrons. The molecule has 0 aliphatic carbocycles. The van der Waals surface area contributed by atoms with E-state index < -0.39 is 42.8 Å². The van der Waals surface area contributed by atoms with Crippen molar-refractivity contribution >= 4 is 5.97 Å². The standard InChI is InChI=1S/C16H19NO7/c1-9(18)22-8-12-13(19)14(20)15(21)16(24-12)23-11(7-17)10-5-3-2-4-6-10/h2-6,11-16,19-21H,8H2,1H3/t11-,12-,13-,14+,15-,16?/m1/s1. The summed E-state index contributed by atoms with van der Waals surface area (Å²) in [6.07, 6.45) is -8.09. The van der Waals surface area contributed by atoms with Crippen LogP contribution >= 0.6 is 0 Å². The summed E-state index contributed by atoms with van der Waals surface area (Å²) in [5, 5.41) is 39.1. The van der Waals surface area contributed by atoms with Crippen molar-refractivity contribution in [3.63, 3.8) is 0 Å². The molecule has 0 saturated carbocycles. The first-order valence-corrected chi connectivity index (χ1v) is 7.37. The number of rotatable bonds is 5. The number of nitriles is 1. The molecule has 0 aromatic heterocycles. The third kappa shape index (κ3) is 4.29. The Morgan fingerprint density at radius 3 is 2.50 bits per heavy atom. The van der Waals surface area contributed by atoms with Crippen molar-refractivity contribution in [2.24, 2.45) is 0 Å². The van der Waals surface area contributed by atoms with Crippen molar-refractivity contribution < 1.29 is 34.3 Å². The van der Waals surface area contributed by atoms with Crippen molar-refractivity contribution in [1.29, 1.82) is 5.26 Å². The lowest BCUT2D eigenvalue weighted by molar-refractivity contribution is -0.308. The predicted molar refractivity (Wildman–Crippen MR) is 79.2 cm³/mol. The molecule has 24 heavy (non-hydrogen) atoms. The van der Waals surface area contributed by atoms with Crippen LogP contribution in [0.25, 0.3) is 0 Å². The minimum Gasteiger partial charge on any atom is -0.463 e. The van der Waals surface area contributed by atoms with Crippen molar-refractivity contribution in [1.82, 2.24) is 0 Å². The van der Waals surface area contributed by atoms with Gasteiger partial charge in [0.2, 0.25) is 0 Å². The molecule has 1 fully saturated rings. The molecule has 1 aliphatic heterocycles. The summed E-state index contributed by atoms with van der Waals surface area (Å²) < 4.78 is 15.6. The van der Waals surface area contributed by atoms with Crippen LogP contribution in [-0.4, -0.2) is 58.6 Å². The number of hydrogen-bond acceptors (Lipinski definition) is 8. The van der Waals surface area contributed by atoms with Crippen LogP contribution in [0.5, 0.6) is 0 Å². The smallest absolute Gasteiger partial charge is 0.302 e. The number of esters is 1. The Kier molecular flexibility index (Phi) is 6.25. The van der Waals surface area contributed by atoms with Crippen LogP contribution < -0.4 is 0 Å². The molecule has 2 rings (SSSR count). The highest BCUT2D eigenvalue weighted by atomic mass is 16.7. The molecule has 0 spiro atoms. The molecule has 1 aliphatic rings. The number of aliphatic hydroxyl groups is 3. The summed E-state index contributed by atoms with van der Waals surface area (Å²) in [6, 6.07) is 10.5. The van der Waals surface area contributed by atoms with Crippen LogP contribution in [-0.2, 0) is 19.0 Å². The van der Waals surface area contributed by atoms with Gasteiger partial charge in [0, 0.05) is 6.92 Å². The quantitative estimate of drug-likeness (QED) is 0.621. The second kappa shape index (κ2) is 8.19. The van der Waals surface area contributed by atoms with Crippen LogP contribution in [0, 0.1) is 11.3 Å². The third-order valence-electron chi connectivity index (χ3n) is 3.61. The molecule has 1 aromatic carbocycles. The van der Waals surface area contributed by atoms with E-state index in [9.17, 15) is 25.4 Å². The summed E-state index contributed by atoms with van der Waals surface area (Å²) in [7, 11) is 0. The fourth-order valence-electron chi connectivity index (χ4n) is 2.31. The zero-order valence-electron chi connectivity index (χ0n) is 13.0. The molecular weight excluding hydrogens is 318 g/mol. The van der Waals surface area contributed by atoms with E-state index >= 15 is 0 Å². The molecule has 0 amide bonds. The normalized spacial score (nSPS) is 31.0. The second-order valence-corrected chi connectivity index (χ2v) is 5.37. The maximum Gasteiger partial charge on any atom is 0.302 e. The lowest BCUT2D eigenvalue weighted by Gasteiger charge is -2.40. The summed E-state index contributed by atoms with van der Waals surface area (Å²) in [5.74, 6) is -0.580. The molecule has 1 saturated heterocycles. The van der Waals surface area contributed by atoms with Gasteiger partial charge in [0.1, 0.15) is 31.0 Å². The Hall–Kier alpha value is -2.02. The summed E-state index contributed by atoms with van der Waals surface area (Å²) in [5.41, 5.74) is 0.549. The van der Waals surface area contributed by atoms with Gasteiger partial charge in [-0.2, -0.15) is 5.26 Å². The second-order valence-electron chi connectivity index (χ2n) is 5.37. The van der Waals surface area contributed by atoms with Gasteiger partial charge < -0.3 is 29.5 Å². The monoisotopic (exact) mass is 337 g/mol. The number of carbonyl (C=O) groups is 1. The first kappa shape index (κ1) is 18.3. The fraction of sp³-hybridized carbons (Fsp3) is 0.500. The maximum atomic E-state index is 10.9. The first-order valence-electron chi connectivity index (χ1n) is 7.37.